The van der Waals surface area contributed by atoms with Gasteiger partial charge in [0.15, 0.2) is 0 Å². The van der Waals surface area contributed by atoms with Gasteiger partial charge in [0.1, 0.15) is 29.3 Å². The maximum Gasteiger partial charge on any atom is 0.341 e. The molecule has 0 amide bonds. The minimum atomic E-state index is -3.64. The van der Waals surface area contributed by atoms with Crippen molar-refractivity contribution >= 4 is 16.0 Å². The number of sulfonamides is 1. The van der Waals surface area contributed by atoms with Crippen LogP contribution in [-0.2, 0) is 14.8 Å². The van der Waals surface area contributed by atoms with E-state index in [1.165, 1.54) is 19.2 Å². The van der Waals surface area contributed by atoms with Crippen molar-refractivity contribution in [3.63, 3.8) is 0 Å². The van der Waals surface area contributed by atoms with Gasteiger partial charge in [0, 0.05) is 13.1 Å². The van der Waals surface area contributed by atoms with Gasteiger partial charge in [-0.1, -0.05) is 6.92 Å². The number of likely N-dealkylation sites (N-methyl/N-ethyl adjacent to an activating group) is 1. The molecule has 25 heavy (non-hydrogen) atoms. The van der Waals surface area contributed by atoms with E-state index >= 15 is 0 Å². The molecular formula is C17H27N2O5S+. The highest BCUT2D eigenvalue weighted by atomic mass is 32.2. The van der Waals surface area contributed by atoms with Gasteiger partial charge in [-0.3, -0.25) is 0 Å². The van der Waals surface area contributed by atoms with Crippen LogP contribution in [0.25, 0.3) is 0 Å². The SMILES string of the molecule is CCCOc1ccc(S(=O)(=O)[N+]2(CC)CCNCC2)cc1C(=O)OC. The minimum absolute atomic E-state index is 0.0181. The zero-order valence-electron chi connectivity index (χ0n) is 15.1. The van der Waals surface area contributed by atoms with E-state index in [9.17, 15) is 13.2 Å². The van der Waals surface area contributed by atoms with Gasteiger partial charge in [-0.15, -0.1) is 0 Å². The molecule has 1 aliphatic heterocycles. The van der Waals surface area contributed by atoms with Gasteiger partial charge in [-0.25, -0.2) is 8.68 Å². The van der Waals surface area contributed by atoms with E-state index in [1.54, 1.807) is 6.07 Å². The number of hydrogen-bond donors (Lipinski definition) is 1. The van der Waals surface area contributed by atoms with Gasteiger partial charge >= 0.3 is 16.0 Å². The fourth-order valence-electron chi connectivity index (χ4n) is 3.03. The van der Waals surface area contributed by atoms with Gasteiger partial charge in [0.2, 0.25) is 0 Å². The third kappa shape index (κ3) is 3.80. The molecule has 1 aromatic carbocycles. The number of carbonyl (C=O) groups excluding carboxylic acids is 1. The standard InChI is InChI=1S/C17H27N2O5S/c1-4-12-24-16-7-6-14(13-15(16)17(20)23-3)25(21,22)19(5-2)10-8-18-9-11-19/h6-7,13,18H,4-5,8-12H2,1-3H3/q+1. The van der Waals surface area contributed by atoms with Gasteiger partial charge in [-0.05, 0) is 31.5 Å². The number of hydrogen-bond acceptors (Lipinski definition) is 6. The molecule has 1 aromatic rings. The van der Waals surface area contributed by atoms with Crippen LogP contribution in [-0.4, -0.2) is 64.7 Å². The quantitative estimate of drug-likeness (QED) is 0.576. The summed E-state index contributed by atoms with van der Waals surface area (Å²) < 4.78 is 36.9. The number of esters is 1. The summed E-state index contributed by atoms with van der Waals surface area (Å²) in [5.41, 5.74) is 0.140. The summed E-state index contributed by atoms with van der Waals surface area (Å²) in [6.07, 6.45) is 0.781. The second kappa shape index (κ2) is 8.16. The average molecular weight is 371 g/mol. The summed E-state index contributed by atoms with van der Waals surface area (Å²) in [4.78, 5) is 12.2. The van der Waals surface area contributed by atoms with E-state index in [1.807, 2.05) is 13.8 Å². The molecular weight excluding hydrogens is 344 g/mol. The van der Waals surface area contributed by atoms with Crippen molar-refractivity contribution in [3.8, 4) is 5.75 Å². The second-order valence-electron chi connectivity index (χ2n) is 6.04. The number of benzene rings is 1. The highest BCUT2D eigenvalue weighted by Gasteiger charge is 2.43. The van der Waals surface area contributed by atoms with Crippen molar-refractivity contribution in [3.05, 3.63) is 23.8 Å². The lowest BCUT2D eigenvalue weighted by atomic mass is 10.2. The molecule has 1 N–H and O–H groups in total. The minimum Gasteiger partial charge on any atom is -0.493 e. The Morgan fingerprint density at radius 2 is 1.92 bits per heavy atom. The van der Waals surface area contributed by atoms with Crippen molar-refractivity contribution < 1.29 is 26.6 Å². The zero-order valence-corrected chi connectivity index (χ0v) is 15.9. The third-order valence-electron chi connectivity index (χ3n) is 4.59. The third-order valence-corrected chi connectivity index (χ3v) is 7.09. The molecule has 7 nitrogen and oxygen atoms in total. The molecule has 2 rings (SSSR count). The fourth-order valence-corrected chi connectivity index (χ4v) is 4.99. The Kier molecular flexibility index (Phi) is 6.42. The van der Waals surface area contributed by atoms with Gasteiger partial charge < -0.3 is 14.8 Å². The van der Waals surface area contributed by atoms with E-state index < -0.39 is 16.0 Å². The average Bonchev–Trinajstić information content (AvgIpc) is 2.65. The molecule has 8 heteroatoms. The maximum atomic E-state index is 13.3. The first-order valence-electron chi connectivity index (χ1n) is 8.59. The molecule has 0 spiro atoms. The van der Waals surface area contributed by atoms with Crippen LogP contribution in [0.4, 0.5) is 0 Å². The smallest absolute Gasteiger partial charge is 0.341 e. The maximum absolute atomic E-state index is 13.3. The van der Waals surface area contributed by atoms with Crippen molar-refractivity contribution in [1.29, 1.82) is 0 Å². The van der Waals surface area contributed by atoms with Crippen LogP contribution in [0.2, 0.25) is 0 Å². The summed E-state index contributed by atoms with van der Waals surface area (Å²) >= 11 is 0. The topological polar surface area (TPSA) is 81.7 Å². The van der Waals surface area contributed by atoms with E-state index in [-0.39, 0.29) is 14.3 Å². The van der Waals surface area contributed by atoms with E-state index in [0.29, 0.717) is 45.1 Å². The Hall–Kier alpha value is -1.64. The normalized spacial score (nSPS) is 17.1. The number of rotatable bonds is 7. The van der Waals surface area contributed by atoms with Crippen molar-refractivity contribution in [2.45, 2.75) is 25.2 Å². The molecule has 0 aliphatic carbocycles. The first-order valence-corrected chi connectivity index (χ1v) is 10.0. The number of nitrogens with zero attached hydrogens (tertiary/aromatic N) is 1. The van der Waals surface area contributed by atoms with Crippen molar-refractivity contribution in [1.82, 2.24) is 5.32 Å². The fraction of sp³-hybridized carbons (Fsp3) is 0.588. The van der Waals surface area contributed by atoms with E-state index in [2.05, 4.69) is 5.32 Å². The van der Waals surface area contributed by atoms with Crippen LogP contribution < -0.4 is 10.1 Å². The second-order valence-corrected chi connectivity index (χ2v) is 8.24. The molecule has 1 aliphatic rings. The van der Waals surface area contributed by atoms with Crippen LogP contribution in [0, 0.1) is 0 Å². The lowest BCUT2D eigenvalue weighted by Crippen LogP contribution is -2.61. The van der Waals surface area contributed by atoms with Crippen molar-refractivity contribution in [2.24, 2.45) is 0 Å². The van der Waals surface area contributed by atoms with Gasteiger partial charge in [-0.2, -0.15) is 8.42 Å². The number of piperazine rings is 1. The van der Waals surface area contributed by atoms with Gasteiger partial charge in [0.05, 0.1) is 20.3 Å². The number of nitrogens with one attached hydrogen (secondary N) is 1. The van der Waals surface area contributed by atoms with Crippen LogP contribution in [0.1, 0.15) is 30.6 Å². The molecule has 1 saturated heterocycles. The van der Waals surface area contributed by atoms with Crippen LogP contribution in [0.5, 0.6) is 5.75 Å². The summed E-state index contributed by atoms with van der Waals surface area (Å²) in [5.74, 6) is -0.262. The lowest BCUT2D eigenvalue weighted by molar-refractivity contribution is -0.806. The Labute approximate surface area is 149 Å². The Bertz CT molecular complexity index is 712. The molecule has 140 valence electrons. The number of ether oxygens (including phenoxy) is 2. The molecule has 0 unspecified atom stereocenters. The molecule has 0 radical (unpaired) electrons. The number of quaternary nitrogens is 1. The lowest BCUT2D eigenvalue weighted by Gasteiger charge is -2.39. The monoisotopic (exact) mass is 371 g/mol. The highest BCUT2D eigenvalue weighted by Crippen LogP contribution is 2.29. The number of carbonyl (C=O) groups is 1. The summed E-state index contributed by atoms with van der Waals surface area (Å²) in [5, 5.41) is 3.19. The Morgan fingerprint density at radius 1 is 1.24 bits per heavy atom. The molecule has 1 fully saturated rings. The van der Waals surface area contributed by atoms with Crippen LogP contribution >= 0.6 is 0 Å². The predicted octanol–water partition coefficient (Wildman–Crippen LogP) is 1.39. The molecule has 0 atom stereocenters. The summed E-state index contributed by atoms with van der Waals surface area (Å²) in [6, 6.07) is 4.44. The Morgan fingerprint density at radius 3 is 2.48 bits per heavy atom. The van der Waals surface area contributed by atoms with Crippen LogP contribution in [0.3, 0.4) is 0 Å². The van der Waals surface area contributed by atoms with Crippen molar-refractivity contribution in [2.75, 3.05) is 46.4 Å². The molecule has 1 heterocycles. The number of methoxy groups -OCH3 is 1. The first kappa shape index (κ1) is 19.7. The summed E-state index contributed by atoms with van der Waals surface area (Å²) in [6.45, 7) is 7.05. The molecule has 0 saturated carbocycles. The van der Waals surface area contributed by atoms with Gasteiger partial charge in [0.25, 0.3) is 0 Å². The highest BCUT2D eigenvalue weighted by molar-refractivity contribution is 7.86. The van der Waals surface area contributed by atoms with E-state index in [4.69, 9.17) is 9.47 Å². The largest absolute Gasteiger partial charge is 0.493 e. The molecule has 0 bridgehead atoms. The summed E-state index contributed by atoms with van der Waals surface area (Å²) in [7, 11) is -2.37. The zero-order chi connectivity index (χ0) is 18.5. The van der Waals surface area contributed by atoms with E-state index in [0.717, 1.165) is 6.42 Å². The predicted molar refractivity (Wildman–Crippen MR) is 94.2 cm³/mol. The first-order chi connectivity index (χ1) is 11.9. The molecule has 0 aromatic heterocycles. The Balaban J connectivity index is 2.48. The van der Waals surface area contributed by atoms with Crippen LogP contribution in [0.15, 0.2) is 23.1 Å².